The number of hydrogen-bond acceptors (Lipinski definition) is 4. The highest BCUT2D eigenvalue weighted by Crippen LogP contribution is 2.30. The van der Waals surface area contributed by atoms with Gasteiger partial charge in [-0.2, -0.15) is 0 Å². The van der Waals surface area contributed by atoms with Crippen LogP contribution in [0.4, 0.5) is 5.82 Å². The van der Waals surface area contributed by atoms with Crippen LogP contribution in [0.25, 0.3) is 0 Å². The maximum absolute atomic E-state index is 9.03. The van der Waals surface area contributed by atoms with Crippen LogP contribution in [-0.4, -0.2) is 34.3 Å². The number of hydrogen-bond donors (Lipinski definition) is 2. The van der Waals surface area contributed by atoms with Gasteiger partial charge < -0.3 is 15.7 Å². The van der Waals surface area contributed by atoms with Gasteiger partial charge in [-0.05, 0) is 25.0 Å². The van der Waals surface area contributed by atoms with Crippen LogP contribution in [0.5, 0.6) is 0 Å². The number of anilines is 1. The SMILES string of the molecule is NC(=S)c1ccnc(N(CCO)C2CC2)c1. The van der Waals surface area contributed by atoms with Gasteiger partial charge in [-0.15, -0.1) is 0 Å². The molecule has 0 unspecified atom stereocenters. The summed E-state index contributed by atoms with van der Waals surface area (Å²) >= 11 is 4.94. The first-order valence-electron chi connectivity index (χ1n) is 5.35. The number of aromatic nitrogens is 1. The predicted molar refractivity (Wildman–Crippen MR) is 67.6 cm³/mol. The molecule has 0 bridgehead atoms. The highest BCUT2D eigenvalue weighted by molar-refractivity contribution is 7.80. The van der Waals surface area contributed by atoms with E-state index in [1.165, 1.54) is 12.8 Å². The molecule has 4 nitrogen and oxygen atoms in total. The zero-order valence-corrected chi connectivity index (χ0v) is 9.78. The predicted octanol–water partition coefficient (Wildman–Crippen LogP) is 0.677. The number of aliphatic hydroxyl groups is 1. The molecule has 0 atom stereocenters. The summed E-state index contributed by atoms with van der Waals surface area (Å²) in [5.74, 6) is 0.849. The Balaban J connectivity index is 2.22. The van der Waals surface area contributed by atoms with Crippen molar-refractivity contribution in [1.82, 2.24) is 4.98 Å². The molecule has 0 spiro atoms. The van der Waals surface area contributed by atoms with Crippen LogP contribution in [0, 0.1) is 0 Å². The third-order valence-electron chi connectivity index (χ3n) is 2.65. The lowest BCUT2D eigenvalue weighted by molar-refractivity contribution is 0.301. The average molecular weight is 237 g/mol. The second-order valence-corrected chi connectivity index (χ2v) is 4.35. The zero-order chi connectivity index (χ0) is 11.5. The van der Waals surface area contributed by atoms with Gasteiger partial charge in [0, 0.05) is 24.3 Å². The van der Waals surface area contributed by atoms with Crippen molar-refractivity contribution in [2.24, 2.45) is 5.73 Å². The maximum atomic E-state index is 9.03. The lowest BCUT2D eigenvalue weighted by Crippen LogP contribution is -2.30. The minimum Gasteiger partial charge on any atom is -0.395 e. The number of nitrogens with zero attached hydrogens (tertiary/aromatic N) is 2. The standard InChI is InChI=1S/C11H15N3OS/c12-11(16)8-3-4-13-10(7-8)14(5-6-15)9-1-2-9/h3-4,7,9,15H,1-2,5-6H2,(H2,12,16). The number of rotatable bonds is 5. The first-order valence-corrected chi connectivity index (χ1v) is 5.76. The maximum Gasteiger partial charge on any atom is 0.129 e. The molecule has 1 heterocycles. The van der Waals surface area contributed by atoms with Crippen molar-refractivity contribution in [1.29, 1.82) is 0 Å². The Labute approximate surface area is 100 Å². The molecule has 0 aliphatic heterocycles. The van der Waals surface area contributed by atoms with E-state index in [4.69, 9.17) is 23.1 Å². The Morgan fingerprint density at radius 2 is 2.38 bits per heavy atom. The van der Waals surface area contributed by atoms with E-state index in [2.05, 4.69) is 9.88 Å². The summed E-state index contributed by atoms with van der Waals surface area (Å²) in [5, 5.41) is 9.03. The zero-order valence-electron chi connectivity index (χ0n) is 8.97. The molecule has 1 aliphatic carbocycles. The smallest absolute Gasteiger partial charge is 0.129 e. The molecule has 1 saturated carbocycles. The Bertz CT molecular complexity index is 393. The summed E-state index contributed by atoms with van der Waals surface area (Å²) < 4.78 is 0. The molecule has 16 heavy (non-hydrogen) atoms. The van der Waals surface area contributed by atoms with Gasteiger partial charge in [0.15, 0.2) is 0 Å². The van der Waals surface area contributed by atoms with Gasteiger partial charge in [0.2, 0.25) is 0 Å². The van der Waals surface area contributed by atoms with Crippen molar-refractivity contribution in [3.8, 4) is 0 Å². The molecule has 0 aromatic carbocycles. The van der Waals surface area contributed by atoms with Gasteiger partial charge in [0.25, 0.3) is 0 Å². The summed E-state index contributed by atoms with van der Waals surface area (Å²) in [7, 11) is 0. The molecule has 0 amide bonds. The fourth-order valence-electron chi connectivity index (χ4n) is 1.71. The molecule has 1 fully saturated rings. The highest BCUT2D eigenvalue weighted by atomic mass is 32.1. The summed E-state index contributed by atoms with van der Waals surface area (Å²) in [4.78, 5) is 6.79. The van der Waals surface area contributed by atoms with Crippen molar-refractivity contribution >= 4 is 23.0 Å². The summed E-state index contributed by atoms with van der Waals surface area (Å²) in [6, 6.07) is 4.20. The van der Waals surface area contributed by atoms with Gasteiger partial charge in [0.05, 0.1) is 6.61 Å². The fourth-order valence-corrected chi connectivity index (χ4v) is 1.83. The van der Waals surface area contributed by atoms with E-state index < -0.39 is 0 Å². The van der Waals surface area contributed by atoms with Gasteiger partial charge in [0.1, 0.15) is 10.8 Å². The van der Waals surface area contributed by atoms with Crippen LogP contribution in [0.3, 0.4) is 0 Å². The fraction of sp³-hybridized carbons (Fsp3) is 0.455. The van der Waals surface area contributed by atoms with Crippen LogP contribution in [0.15, 0.2) is 18.3 Å². The summed E-state index contributed by atoms with van der Waals surface area (Å²) in [5.41, 5.74) is 6.41. The number of nitrogens with two attached hydrogens (primary N) is 1. The molecule has 2 rings (SSSR count). The average Bonchev–Trinajstić information content (AvgIpc) is 3.10. The molecule has 1 aromatic rings. The van der Waals surface area contributed by atoms with E-state index in [9.17, 15) is 0 Å². The van der Waals surface area contributed by atoms with Gasteiger partial charge >= 0.3 is 0 Å². The van der Waals surface area contributed by atoms with Crippen LogP contribution in [0.2, 0.25) is 0 Å². The lowest BCUT2D eigenvalue weighted by atomic mass is 10.2. The van der Waals surface area contributed by atoms with E-state index in [1.54, 1.807) is 12.3 Å². The van der Waals surface area contributed by atoms with E-state index >= 15 is 0 Å². The Morgan fingerprint density at radius 1 is 1.62 bits per heavy atom. The lowest BCUT2D eigenvalue weighted by Gasteiger charge is -2.22. The molecule has 1 aromatic heterocycles. The first kappa shape index (κ1) is 11.3. The third-order valence-corrected chi connectivity index (χ3v) is 2.89. The minimum absolute atomic E-state index is 0.134. The normalized spacial score (nSPS) is 14.8. The van der Waals surface area contributed by atoms with Crippen LogP contribution < -0.4 is 10.6 Å². The molecule has 3 N–H and O–H groups in total. The van der Waals surface area contributed by atoms with E-state index in [0.717, 1.165) is 11.4 Å². The molecule has 0 radical (unpaired) electrons. The molecule has 0 saturated heterocycles. The molecular weight excluding hydrogens is 222 g/mol. The Kier molecular flexibility index (Phi) is 3.36. The van der Waals surface area contributed by atoms with E-state index in [-0.39, 0.29) is 6.61 Å². The van der Waals surface area contributed by atoms with Crippen LogP contribution in [0.1, 0.15) is 18.4 Å². The van der Waals surface area contributed by atoms with Crippen molar-refractivity contribution in [3.63, 3.8) is 0 Å². The van der Waals surface area contributed by atoms with Crippen molar-refractivity contribution in [2.45, 2.75) is 18.9 Å². The second kappa shape index (κ2) is 4.76. The summed E-state index contributed by atoms with van der Waals surface area (Å²) in [6.07, 6.45) is 4.04. The number of thiocarbonyl (C=S) groups is 1. The van der Waals surface area contributed by atoms with E-state index in [1.807, 2.05) is 6.07 Å². The number of pyridine rings is 1. The van der Waals surface area contributed by atoms with Gasteiger partial charge in [-0.1, -0.05) is 12.2 Å². The Hall–Kier alpha value is -1.20. The topological polar surface area (TPSA) is 62.4 Å². The van der Waals surface area contributed by atoms with Gasteiger partial charge in [-0.3, -0.25) is 0 Å². The van der Waals surface area contributed by atoms with Crippen LogP contribution >= 0.6 is 12.2 Å². The van der Waals surface area contributed by atoms with Crippen molar-refractivity contribution in [2.75, 3.05) is 18.1 Å². The summed E-state index contributed by atoms with van der Waals surface area (Å²) in [6.45, 7) is 0.744. The first-order chi connectivity index (χ1) is 7.72. The van der Waals surface area contributed by atoms with Crippen molar-refractivity contribution in [3.05, 3.63) is 23.9 Å². The van der Waals surface area contributed by atoms with Crippen LogP contribution in [-0.2, 0) is 0 Å². The quantitative estimate of drug-likeness (QED) is 0.737. The molecule has 5 heteroatoms. The third kappa shape index (κ3) is 2.48. The molecule has 1 aliphatic rings. The largest absolute Gasteiger partial charge is 0.395 e. The Morgan fingerprint density at radius 3 is 2.94 bits per heavy atom. The van der Waals surface area contributed by atoms with Crippen molar-refractivity contribution < 1.29 is 5.11 Å². The highest BCUT2D eigenvalue weighted by Gasteiger charge is 2.29. The number of aliphatic hydroxyl groups excluding tert-OH is 1. The second-order valence-electron chi connectivity index (χ2n) is 3.92. The molecule has 86 valence electrons. The van der Waals surface area contributed by atoms with Gasteiger partial charge in [-0.25, -0.2) is 4.98 Å². The van der Waals surface area contributed by atoms with E-state index in [0.29, 0.717) is 17.6 Å². The monoisotopic (exact) mass is 237 g/mol. The minimum atomic E-state index is 0.134. The molecular formula is C11H15N3OS.